The lowest BCUT2D eigenvalue weighted by Gasteiger charge is -2.44. The Labute approximate surface area is 383 Å². The Bertz CT molecular complexity index is 3140. The van der Waals surface area contributed by atoms with Crippen LogP contribution in [0.25, 0.3) is 22.8 Å². The topological polar surface area (TPSA) is 76.5 Å². The first-order valence-electron chi connectivity index (χ1n) is 21.9. The minimum absolute atomic E-state index is 0.389. The van der Waals surface area contributed by atoms with E-state index in [2.05, 4.69) is 113 Å². The summed E-state index contributed by atoms with van der Waals surface area (Å²) in [6.45, 7) is 2.00. The minimum Gasteiger partial charge on any atom is -0.457 e. The van der Waals surface area contributed by atoms with Gasteiger partial charge in [-0.3, -0.25) is 0 Å². The Morgan fingerprint density at radius 1 is 0.424 bits per heavy atom. The number of benzene rings is 7. The van der Waals surface area contributed by atoms with Gasteiger partial charge in [-0.05, 0) is 85.8 Å². The molecule has 0 atom stereocenters. The highest BCUT2D eigenvalue weighted by Crippen LogP contribution is 2.62. The van der Waals surface area contributed by atoms with Crippen LogP contribution in [0.15, 0.2) is 237 Å². The maximum Gasteiger partial charge on any atom is 0.229 e. The van der Waals surface area contributed by atoms with Crippen molar-refractivity contribution in [2.45, 2.75) is 12.3 Å². The third-order valence-corrected chi connectivity index (χ3v) is 11.9. The summed E-state index contributed by atoms with van der Waals surface area (Å²) < 4.78 is 14.0. The molecular weight excluding hydrogens is 813 g/mol. The first kappa shape index (κ1) is 39.9. The highest BCUT2D eigenvalue weighted by atomic mass is 16.5. The van der Waals surface area contributed by atoms with Crippen LogP contribution in [0, 0.1) is 0 Å². The zero-order valence-electron chi connectivity index (χ0n) is 36.0. The van der Waals surface area contributed by atoms with E-state index in [0.717, 1.165) is 61.8 Å². The number of anilines is 5. The van der Waals surface area contributed by atoms with Crippen molar-refractivity contribution >= 4 is 28.4 Å². The van der Waals surface area contributed by atoms with Gasteiger partial charge >= 0.3 is 0 Å². The van der Waals surface area contributed by atoms with E-state index >= 15 is 0 Å². The molecule has 2 aromatic heterocycles. The zero-order chi connectivity index (χ0) is 44.3. The zero-order valence-corrected chi connectivity index (χ0v) is 36.0. The molecule has 8 heteroatoms. The van der Waals surface area contributed by atoms with E-state index < -0.39 is 5.41 Å². The summed E-state index contributed by atoms with van der Waals surface area (Å²) in [5.74, 6) is 3.19. The van der Waals surface area contributed by atoms with Gasteiger partial charge < -0.3 is 19.3 Å². The van der Waals surface area contributed by atoms with E-state index in [1.165, 1.54) is 0 Å². The molecule has 2 aliphatic heterocycles. The van der Waals surface area contributed by atoms with Crippen molar-refractivity contribution in [1.29, 1.82) is 0 Å². The smallest absolute Gasteiger partial charge is 0.229 e. The second-order valence-corrected chi connectivity index (χ2v) is 15.8. The van der Waals surface area contributed by atoms with Crippen molar-refractivity contribution in [1.82, 2.24) is 19.9 Å². The SMILES string of the molecule is C\C=C/C=C\C=C\N(c1ccccc1)c1ccc2c(c1)C1(c3cc(N(c4ccccc4)c4ccccc4)ccc3O2)c2cnc(-c3ccccc3)nc2Oc2nc(-c3ccccc3)ncc21. The summed E-state index contributed by atoms with van der Waals surface area (Å²) in [7, 11) is 0. The molecular formula is C58H42N6O2. The minimum atomic E-state index is -1.15. The van der Waals surface area contributed by atoms with Crippen molar-refractivity contribution in [2.75, 3.05) is 9.80 Å². The first-order valence-corrected chi connectivity index (χ1v) is 21.9. The van der Waals surface area contributed by atoms with Gasteiger partial charge in [-0.15, -0.1) is 0 Å². The van der Waals surface area contributed by atoms with E-state index in [-0.39, 0.29) is 0 Å². The lowest BCUT2D eigenvalue weighted by Crippen LogP contribution is -2.38. The third-order valence-electron chi connectivity index (χ3n) is 11.9. The summed E-state index contributed by atoms with van der Waals surface area (Å²) in [4.78, 5) is 25.1. The third kappa shape index (κ3) is 7.16. The molecule has 0 bridgehead atoms. The van der Waals surface area contributed by atoms with Gasteiger partial charge in [-0.25, -0.2) is 9.97 Å². The van der Waals surface area contributed by atoms with Crippen LogP contribution in [0.2, 0.25) is 0 Å². The van der Waals surface area contributed by atoms with Crippen LogP contribution in [0.1, 0.15) is 29.2 Å². The van der Waals surface area contributed by atoms with Gasteiger partial charge in [0.2, 0.25) is 11.8 Å². The average molecular weight is 855 g/mol. The molecule has 316 valence electrons. The predicted octanol–water partition coefficient (Wildman–Crippen LogP) is 14.4. The van der Waals surface area contributed by atoms with Crippen molar-refractivity contribution in [3.8, 4) is 46.0 Å². The fraction of sp³-hybridized carbons (Fsp3) is 0.0345. The highest BCUT2D eigenvalue weighted by molar-refractivity contribution is 5.82. The number of para-hydroxylation sites is 3. The molecule has 9 aromatic rings. The van der Waals surface area contributed by atoms with Crippen molar-refractivity contribution in [3.63, 3.8) is 0 Å². The molecule has 0 radical (unpaired) electrons. The molecule has 1 spiro atoms. The number of rotatable bonds is 10. The summed E-state index contributed by atoms with van der Waals surface area (Å²) in [6.07, 6.45) is 16.0. The second kappa shape index (κ2) is 17.4. The van der Waals surface area contributed by atoms with Crippen LogP contribution < -0.4 is 19.3 Å². The monoisotopic (exact) mass is 854 g/mol. The summed E-state index contributed by atoms with van der Waals surface area (Å²) in [5, 5.41) is 0. The molecule has 0 aliphatic carbocycles. The Kier molecular flexibility index (Phi) is 10.5. The molecule has 0 N–H and O–H groups in total. The lowest BCUT2D eigenvalue weighted by molar-refractivity contribution is 0.377. The molecule has 0 saturated carbocycles. The standard InChI is InChI=1S/C58H42N6O2/c1-2-3-4-5-21-36-63(43-26-15-8-16-27-43)46-32-34-52-48(37-46)58(49-38-47(33-35-53(49)65-52)64(44-28-17-9-18-29-44)45-30-19-10-20-31-45)50-39-59-54(41-22-11-6-12-23-41)61-56(50)66-57-51(58)40-60-55(62-57)42-24-13-7-14-25-42/h2-40H,1H3/b3-2-,5-4-,36-21+. The van der Waals surface area contributed by atoms with Gasteiger partial charge in [-0.1, -0.05) is 140 Å². The molecule has 0 unspecified atom stereocenters. The van der Waals surface area contributed by atoms with Crippen LogP contribution in [-0.4, -0.2) is 19.9 Å². The maximum atomic E-state index is 7.04. The molecule has 0 amide bonds. The Morgan fingerprint density at radius 3 is 1.39 bits per heavy atom. The van der Waals surface area contributed by atoms with E-state index in [1.807, 2.05) is 141 Å². The summed E-state index contributed by atoms with van der Waals surface area (Å²) in [5.41, 5.74) is 8.58. The van der Waals surface area contributed by atoms with E-state index in [1.54, 1.807) is 0 Å². The number of fused-ring (bicyclic) bond motifs is 8. The van der Waals surface area contributed by atoms with Gasteiger partial charge in [0.1, 0.15) is 11.5 Å². The van der Waals surface area contributed by atoms with Crippen molar-refractivity contribution in [3.05, 3.63) is 259 Å². The van der Waals surface area contributed by atoms with Crippen LogP contribution >= 0.6 is 0 Å². The average Bonchev–Trinajstić information content (AvgIpc) is 3.38. The molecule has 11 rings (SSSR count). The molecule has 2 aliphatic rings. The predicted molar refractivity (Wildman–Crippen MR) is 263 cm³/mol. The van der Waals surface area contributed by atoms with Crippen LogP contribution in [0.3, 0.4) is 0 Å². The molecule has 7 aromatic carbocycles. The largest absolute Gasteiger partial charge is 0.457 e. The van der Waals surface area contributed by atoms with Gasteiger partial charge in [0.15, 0.2) is 11.6 Å². The van der Waals surface area contributed by atoms with E-state index in [0.29, 0.717) is 34.9 Å². The van der Waals surface area contributed by atoms with E-state index in [4.69, 9.17) is 29.4 Å². The number of allylic oxidation sites excluding steroid dienone is 5. The van der Waals surface area contributed by atoms with Gasteiger partial charge in [-0.2, -0.15) is 9.97 Å². The summed E-state index contributed by atoms with van der Waals surface area (Å²) >= 11 is 0. The Hall–Kier alpha value is -8.88. The molecule has 0 fully saturated rings. The summed E-state index contributed by atoms with van der Waals surface area (Å²) in [6, 6.07) is 63.8. The van der Waals surface area contributed by atoms with Crippen molar-refractivity contribution < 1.29 is 9.47 Å². The quantitative estimate of drug-likeness (QED) is 0.126. The number of nitrogens with zero attached hydrogens (tertiary/aromatic N) is 6. The Balaban J connectivity index is 1.22. The maximum absolute atomic E-state index is 7.04. The molecule has 8 nitrogen and oxygen atoms in total. The van der Waals surface area contributed by atoms with Crippen LogP contribution in [0.4, 0.5) is 28.4 Å². The number of hydrogen-bond donors (Lipinski definition) is 0. The van der Waals surface area contributed by atoms with E-state index in [9.17, 15) is 0 Å². The van der Waals surface area contributed by atoms with Crippen LogP contribution in [-0.2, 0) is 5.41 Å². The van der Waals surface area contributed by atoms with Crippen LogP contribution in [0.5, 0.6) is 23.3 Å². The first-order chi connectivity index (χ1) is 32.7. The second-order valence-electron chi connectivity index (χ2n) is 15.8. The number of ether oxygens (including phenoxy) is 2. The van der Waals surface area contributed by atoms with Gasteiger partial charge in [0, 0.05) is 69.3 Å². The molecule has 0 saturated heterocycles. The Morgan fingerprint density at radius 2 is 0.879 bits per heavy atom. The number of hydrogen-bond acceptors (Lipinski definition) is 8. The fourth-order valence-electron chi connectivity index (χ4n) is 8.91. The molecule has 66 heavy (non-hydrogen) atoms. The molecule has 4 heterocycles. The number of aromatic nitrogens is 4. The lowest BCUT2D eigenvalue weighted by atomic mass is 9.63. The fourth-order valence-corrected chi connectivity index (χ4v) is 8.91. The highest BCUT2D eigenvalue weighted by Gasteiger charge is 2.53. The normalized spacial score (nSPS) is 13.1. The van der Waals surface area contributed by atoms with Gasteiger partial charge in [0.25, 0.3) is 0 Å². The van der Waals surface area contributed by atoms with Crippen molar-refractivity contribution in [2.24, 2.45) is 0 Å². The van der Waals surface area contributed by atoms with Gasteiger partial charge in [0.05, 0.1) is 16.5 Å².